The Morgan fingerprint density at radius 2 is 0.590 bits per heavy atom. The molecule has 0 aliphatic rings. The lowest BCUT2D eigenvalue weighted by Crippen LogP contribution is -2.62. The number of rotatable bonds is 60. The van der Waals surface area contributed by atoms with Crippen molar-refractivity contribution in [2.45, 2.75) is 248 Å². The molecule has 0 aromatic heterocycles. The number of aliphatic carboxylic acids is 7. The van der Waals surface area contributed by atoms with E-state index in [-0.39, 0.29) is 19.4 Å². The maximum atomic E-state index is 14.3. The Labute approximate surface area is 694 Å². The van der Waals surface area contributed by atoms with Crippen LogP contribution in [0.2, 0.25) is 0 Å². The maximum absolute atomic E-state index is 14.3. The van der Waals surface area contributed by atoms with E-state index >= 15 is 0 Å². The van der Waals surface area contributed by atoms with E-state index in [0.29, 0.717) is 12.8 Å². The number of hydrogen-bond acceptors (Lipinski definition) is 30. The molecule has 32 N–H and O–H groups in total. The van der Waals surface area contributed by atoms with E-state index < -0.39 is 341 Å². The van der Waals surface area contributed by atoms with Gasteiger partial charge in [-0.1, -0.05) is 34.1 Å². The number of nitrogens with two attached hydrogens (primary N) is 2. The number of carboxylic acids is 7. The second-order valence-corrected chi connectivity index (χ2v) is 28.2. The second-order valence-electron chi connectivity index (χ2n) is 28.2. The smallest absolute Gasteiger partial charge is 0.326 e. The Morgan fingerprint density at radius 3 is 0.959 bits per heavy atom. The average molecular weight is 1750 g/mol. The summed E-state index contributed by atoms with van der Waals surface area (Å²) in [6, 6.07) is -30.7. The average Bonchev–Trinajstić information content (AvgIpc) is 0.849. The van der Waals surface area contributed by atoms with Crippen molar-refractivity contribution >= 4 is 136 Å². The first kappa shape index (κ1) is 110. The molecule has 0 unspecified atom stereocenters. The van der Waals surface area contributed by atoms with Gasteiger partial charge in [0, 0.05) is 19.3 Å². The van der Waals surface area contributed by atoms with Gasteiger partial charge in [-0.2, -0.15) is 0 Å². The van der Waals surface area contributed by atoms with E-state index in [0.717, 1.165) is 27.7 Å². The maximum Gasteiger partial charge on any atom is 0.326 e. The molecule has 0 heterocycles. The molecule has 16 amide bonds. The van der Waals surface area contributed by atoms with Crippen LogP contribution in [0.15, 0.2) is 0 Å². The molecule has 122 heavy (non-hydrogen) atoms. The molecule has 0 aromatic rings. The highest BCUT2D eigenvalue weighted by atomic mass is 16.4. The minimum absolute atomic E-state index is 0.0447. The van der Waals surface area contributed by atoms with Crippen molar-refractivity contribution in [3.8, 4) is 0 Å². The topological polar surface area (TPSA) is 880 Å². The first-order valence-electron chi connectivity index (χ1n) is 37.8. The lowest BCUT2D eigenvalue weighted by atomic mass is 9.96. The first-order valence-corrected chi connectivity index (χ1v) is 37.8. The van der Waals surface area contributed by atoms with Crippen molar-refractivity contribution in [3.05, 3.63) is 0 Å². The van der Waals surface area contributed by atoms with Gasteiger partial charge in [-0.3, -0.25) is 105 Å². The molecule has 0 aliphatic heterocycles. The fourth-order valence-electron chi connectivity index (χ4n) is 10.4. The second kappa shape index (κ2) is 55.4. The molecule has 0 saturated carbocycles. The molecule has 0 spiro atoms. The van der Waals surface area contributed by atoms with Gasteiger partial charge in [0.15, 0.2) is 0 Å². The normalized spacial score (nSPS) is 15.7. The molecule has 0 saturated heterocycles. The van der Waals surface area contributed by atoms with Crippen LogP contribution in [0.25, 0.3) is 0 Å². The summed E-state index contributed by atoms with van der Waals surface area (Å²) >= 11 is 0. The summed E-state index contributed by atoms with van der Waals surface area (Å²) in [5, 5.41) is 151. The SMILES string of the molecule is CC[C@H](C)[C@H](NC(=O)[C@H](CC(=O)O)NC(=O)[C@@H](NC(=O)[C@H](C)NC(=O)[C@H](CCC(=O)O)NC(=O)[C@H](CO)NC(=O)CNC(=O)[C@@H](NC(=O)[C@H](CCC(=O)O)NC(=O)[C@@H](N)C(C)C)[C@@H](C)O)[C@@H](C)O)C(=O)N[C@@H](CCC(=O)O)C(=O)N[C@@H](CC(=O)O)C(=O)N[C@@H](CC(=O)O)C(=O)N[C@@H](CO)C(=O)N[C@@H](CO)C(=O)N[C@@H](C)C(=O)N[C@@H](CCCCN)C(=O)O. The van der Waals surface area contributed by atoms with Gasteiger partial charge < -0.3 is 158 Å². The van der Waals surface area contributed by atoms with Gasteiger partial charge >= 0.3 is 41.8 Å². The summed E-state index contributed by atoms with van der Waals surface area (Å²) < 4.78 is 0. The molecule has 0 aliphatic carbocycles. The summed E-state index contributed by atoms with van der Waals surface area (Å²) in [6.07, 6.45) is -12.0. The standard InChI is InChI=1S/C69H112N18O35/c1-9-28(4)51(67(119)78-34(14-17-45(96)97)57(109)80-37(20-47(100)101)59(111)81-38(21-48(102)103)60(112)83-42(26-90)64(116)84-41(25-89)62(114)74-29(5)54(106)79-36(69(121)122)12-10-11-19-70)85-61(113)39(22-49(104)105)82-68(120)53(32(8)92)86-55(107)30(6)73-56(108)33(13-16-44(94)95)76-63(115)40(24-88)75-43(93)23-72-66(118)52(31(7)91)87-58(110)35(15-18-46(98)99)77-65(117)50(71)27(2)3/h27-42,50-53,88-92H,9-26,70-71H2,1-8H3,(H,72,118)(H,73,108)(H,74,114)(H,75,93)(H,76,115)(H,77,117)(H,78,119)(H,79,106)(H,80,109)(H,81,111)(H,82,120)(H,83,112)(H,84,116)(H,85,113)(H,86,107)(H,87,110)(H,94,95)(H,96,97)(H,98,99)(H,100,101)(H,102,103)(H,104,105)(H,121,122)/t28-,29-,30-,31+,32+,33-,34-,35-,36-,37-,38-,39-,40-,41-,42-,50-,51-,52-,53-/m0/s1. The quantitative estimate of drug-likeness (QED) is 0.0251. The number of nitrogens with one attached hydrogen (secondary N) is 16. The first-order chi connectivity index (χ1) is 56.8. The fourth-order valence-corrected chi connectivity index (χ4v) is 10.4. The van der Waals surface area contributed by atoms with Gasteiger partial charge in [0.2, 0.25) is 94.5 Å². The van der Waals surface area contributed by atoms with Crippen LogP contribution in [0.4, 0.5) is 0 Å². The zero-order chi connectivity index (χ0) is 93.9. The highest BCUT2D eigenvalue weighted by Crippen LogP contribution is 2.14. The zero-order valence-corrected chi connectivity index (χ0v) is 67.7. The van der Waals surface area contributed by atoms with Crippen molar-refractivity contribution < 1.29 is 172 Å². The zero-order valence-electron chi connectivity index (χ0n) is 67.7. The molecule has 0 fully saturated rings. The third kappa shape index (κ3) is 41.0. The van der Waals surface area contributed by atoms with Crippen LogP contribution in [-0.2, 0) is 110 Å². The van der Waals surface area contributed by atoms with Crippen molar-refractivity contribution in [2.24, 2.45) is 23.3 Å². The molecular formula is C69H112N18O35. The van der Waals surface area contributed by atoms with Gasteiger partial charge in [-0.15, -0.1) is 0 Å². The summed E-state index contributed by atoms with van der Waals surface area (Å²) in [4.78, 5) is 299. The molecule has 53 heteroatoms. The Kier molecular flexibility index (Phi) is 49.7. The number of carbonyl (C=O) groups is 23. The van der Waals surface area contributed by atoms with Gasteiger partial charge in [0.05, 0.1) is 63.9 Å². The predicted octanol–water partition coefficient (Wildman–Crippen LogP) is -13.6. The van der Waals surface area contributed by atoms with Crippen molar-refractivity contribution in [2.75, 3.05) is 32.9 Å². The third-order valence-electron chi connectivity index (χ3n) is 17.8. The minimum atomic E-state index is -2.39. The van der Waals surface area contributed by atoms with Crippen molar-refractivity contribution in [1.29, 1.82) is 0 Å². The number of hydrogen-bond donors (Lipinski definition) is 30. The van der Waals surface area contributed by atoms with Gasteiger partial charge in [-0.05, 0) is 84.6 Å². The Morgan fingerprint density at radius 1 is 0.303 bits per heavy atom. The van der Waals surface area contributed by atoms with E-state index in [1.165, 1.54) is 13.8 Å². The van der Waals surface area contributed by atoms with Crippen molar-refractivity contribution in [3.63, 3.8) is 0 Å². The van der Waals surface area contributed by atoms with E-state index in [1.807, 2.05) is 42.5 Å². The molecule has 0 bridgehead atoms. The van der Waals surface area contributed by atoms with Gasteiger partial charge in [-0.25, -0.2) is 4.79 Å². The Hall–Kier alpha value is -12.5. The fraction of sp³-hybridized carbons (Fsp3) is 0.667. The van der Waals surface area contributed by atoms with Crippen LogP contribution in [-0.4, -0.2) is 339 Å². The van der Waals surface area contributed by atoms with E-state index in [9.17, 15) is 172 Å². The lowest BCUT2D eigenvalue weighted by molar-refractivity contribution is -0.144. The number of carbonyl (C=O) groups excluding carboxylic acids is 16. The highest BCUT2D eigenvalue weighted by molar-refractivity contribution is 6.02. The van der Waals surface area contributed by atoms with E-state index in [2.05, 4.69) is 42.5 Å². The Bertz CT molecular complexity index is 3720. The van der Waals surface area contributed by atoms with Crippen molar-refractivity contribution in [1.82, 2.24) is 85.1 Å². The molecule has 19 atom stereocenters. The summed E-state index contributed by atoms with van der Waals surface area (Å²) in [6.45, 7) is 5.21. The molecule has 0 rings (SSSR count). The lowest BCUT2D eigenvalue weighted by Gasteiger charge is -2.29. The van der Waals surface area contributed by atoms with Gasteiger partial charge in [0.25, 0.3) is 0 Å². The number of unbranched alkanes of at least 4 members (excludes halogenated alkanes) is 1. The van der Waals surface area contributed by atoms with Crippen LogP contribution >= 0.6 is 0 Å². The van der Waals surface area contributed by atoms with E-state index in [4.69, 9.17) is 11.5 Å². The van der Waals surface area contributed by atoms with Gasteiger partial charge in [0.1, 0.15) is 90.6 Å². The Balaban J connectivity index is 6.71. The largest absolute Gasteiger partial charge is 0.481 e. The highest BCUT2D eigenvalue weighted by Gasteiger charge is 2.41. The van der Waals surface area contributed by atoms with E-state index in [1.54, 1.807) is 13.8 Å². The summed E-state index contributed by atoms with van der Waals surface area (Å²) in [7, 11) is 0. The molecule has 0 radical (unpaired) electrons. The number of aliphatic hydroxyl groups is 5. The van der Waals surface area contributed by atoms with Crippen LogP contribution < -0.4 is 96.5 Å². The monoisotopic (exact) mass is 1750 g/mol. The minimum Gasteiger partial charge on any atom is -0.481 e. The molecular weight excluding hydrogens is 1640 g/mol. The number of carboxylic acid groups (broad SMARTS) is 7. The molecule has 53 nitrogen and oxygen atoms in total. The number of aliphatic hydroxyl groups excluding tert-OH is 5. The predicted molar refractivity (Wildman–Crippen MR) is 408 cm³/mol. The van der Waals surface area contributed by atoms with Crippen LogP contribution in [0.5, 0.6) is 0 Å². The summed E-state index contributed by atoms with van der Waals surface area (Å²) in [5.41, 5.74) is 11.3. The summed E-state index contributed by atoms with van der Waals surface area (Å²) in [5.74, 6) is -34.8. The third-order valence-corrected chi connectivity index (χ3v) is 17.8. The number of amides is 16. The molecule has 688 valence electrons. The van der Waals surface area contributed by atoms with Crippen LogP contribution in [0.3, 0.4) is 0 Å². The van der Waals surface area contributed by atoms with Crippen LogP contribution in [0.1, 0.15) is 139 Å². The molecule has 0 aromatic carbocycles. The van der Waals surface area contributed by atoms with Crippen LogP contribution in [0, 0.1) is 11.8 Å².